The molecule has 1 heterocycles. The minimum atomic E-state index is -1.17. The highest BCUT2D eigenvalue weighted by Gasteiger charge is 2.42. The standard InChI is InChI=1S/C17H19NO2/c1-12-10-16(18(20)11-13(12)2)17(19)9-5-7-14-6-3-4-8-15(14)17/h3-4,6,8,10-11,19H,5,7,9H2,1-2H3. The molecule has 1 aromatic heterocycles. The maximum atomic E-state index is 12.3. The Bertz CT molecular complexity index is 666. The number of pyridine rings is 1. The van der Waals surface area contributed by atoms with E-state index in [1.54, 1.807) is 6.20 Å². The zero-order chi connectivity index (χ0) is 14.3. The molecule has 3 rings (SSSR count). The molecular formula is C17H19NO2. The molecule has 1 N–H and O–H groups in total. The number of fused-ring (bicyclic) bond motifs is 1. The van der Waals surface area contributed by atoms with Gasteiger partial charge in [-0.25, -0.2) is 0 Å². The van der Waals surface area contributed by atoms with Crippen molar-refractivity contribution in [3.63, 3.8) is 0 Å². The molecule has 0 fully saturated rings. The van der Waals surface area contributed by atoms with Crippen LogP contribution >= 0.6 is 0 Å². The number of hydrogen-bond donors (Lipinski definition) is 1. The van der Waals surface area contributed by atoms with Gasteiger partial charge in [-0.05, 0) is 49.8 Å². The van der Waals surface area contributed by atoms with Crippen molar-refractivity contribution in [3.05, 3.63) is 69.7 Å². The van der Waals surface area contributed by atoms with Crippen molar-refractivity contribution in [2.24, 2.45) is 0 Å². The molecule has 0 radical (unpaired) electrons. The van der Waals surface area contributed by atoms with Crippen LogP contribution in [-0.4, -0.2) is 5.11 Å². The normalized spacial score (nSPS) is 21.6. The Kier molecular flexibility index (Phi) is 3.02. The lowest BCUT2D eigenvalue weighted by Crippen LogP contribution is -2.45. The van der Waals surface area contributed by atoms with Gasteiger partial charge in [0, 0.05) is 11.6 Å². The number of aliphatic hydroxyl groups is 1. The number of aromatic nitrogens is 1. The first kappa shape index (κ1) is 13.1. The van der Waals surface area contributed by atoms with Crippen LogP contribution in [0.2, 0.25) is 0 Å². The van der Waals surface area contributed by atoms with E-state index < -0.39 is 5.60 Å². The summed E-state index contributed by atoms with van der Waals surface area (Å²) >= 11 is 0. The highest BCUT2D eigenvalue weighted by atomic mass is 16.5. The highest BCUT2D eigenvalue weighted by Crippen LogP contribution is 2.39. The van der Waals surface area contributed by atoms with Gasteiger partial charge in [0.1, 0.15) is 0 Å². The molecule has 3 nitrogen and oxygen atoms in total. The number of rotatable bonds is 1. The van der Waals surface area contributed by atoms with Crippen molar-refractivity contribution in [2.45, 2.75) is 38.7 Å². The first-order valence-corrected chi connectivity index (χ1v) is 7.04. The van der Waals surface area contributed by atoms with E-state index in [0.29, 0.717) is 12.1 Å². The minimum Gasteiger partial charge on any atom is -0.618 e. The third-order valence-electron chi connectivity index (χ3n) is 4.39. The lowest BCUT2D eigenvalue weighted by Gasteiger charge is -2.33. The third kappa shape index (κ3) is 1.90. The van der Waals surface area contributed by atoms with Crippen LogP contribution in [0.25, 0.3) is 0 Å². The average Bonchev–Trinajstić information content (AvgIpc) is 2.43. The summed E-state index contributed by atoms with van der Waals surface area (Å²) in [5, 5.41) is 23.4. The summed E-state index contributed by atoms with van der Waals surface area (Å²) in [6, 6.07) is 9.70. The molecule has 1 unspecified atom stereocenters. The van der Waals surface area contributed by atoms with Gasteiger partial charge >= 0.3 is 0 Å². The zero-order valence-electron chi connectivity index (χ0n) is 11.9. The minimum absolute atomic E-state index is 0.438. The van der Waals surface area contributed by atoms with Gasteiger partial charge in [-0.1, -0.05) is 24.3 Å². The monoisotopic (exact) mass is 269 g/mol. The van der Waals surface area contributed by atoms with Crippen molar-refractivity contribution in [2.75, 3.05) is 0 Å². The van der Waals surface area contributed by atoms with Gasteiger partial charge in [0.15, 0.2) is 11.8 Å². The summed E-state index contributed by atoms with van der Waals surface area (Å²) in [4.78, 5) is 0. The maximum absolute atomic E-state index is 12.3. The Hall–Kier alpha value is -1.87. The molecule has 0 aliphatic heterocycles. The second kappa shape index (κ2) is 4.60. The molecule has 0 spiro atoms. The average molecular weight is 269 g/mol. The van der Waals surface area contributed by atoms with Gasteiger partial charge in [0.05, 0.1) is 0 Å². The molecule has 1 aromatic carbocycles. The molecule has 1 aliphatic rings. The van der Waals surface area contributed by atoms with Crippen molar-refractivity contribution >= 4 is 0 Å². The largest absolute Gasteiger partial charge is 0.618 e. The molecule has 0 saturated carbocycles. The van der Waals surface area contributed by atoms with Crippen molar-refractivity contribution in [1.82, 2.24) is 0 Å². The Balaban J connectivity index is 2.22. The maximum Gasteiger partial charge on any atom is 0.229 e. The van der Waals surface area contributed by atoms with E-state index in [1.807, 2.05) is 44.2 Å². The van der Waals surface area contributed by atoms with Crippen LogP contribution in [0.4, 0.5) is 0 Å². The van der Waals surface area contributed by atoms with Crippen LogP contribution in [-0.2, 0) is 12.0 Å². The predicted molar refractivity (Wildman–Crippen MR) is 77.3 cm³/mol. The molecule has 0 bridgehead atoms. The van der Waals surface area contributed by atoms with E-state index in [-0.39, 0.29) is 0 Å². The van der Waals surface area contributed by atoms with Gasteiger partial charge in [0.2, 0.25) is 5.69 Å². The third-order valence-corrected chi connectivity index (χ3v) is 4.39. The fourth-order valence-electron chi connectivity index (χ4n) is 3.11. The van der Waals surface area contributed by atoms with Gasteiger partial charge in [-0.15, -0.1) is 0 Å². The van der Waals surface area contributed by atoms with E-state index in [4.69, 9.17) is 0 Å². The number of aryl methyl sites for hydroxylation is 3. The lowest BCUT2D eigenvalue weighted by molar-refractivity contribution is -0.622. The van der Waals surface area contributed by atoms with E-state index in [2.05, 4.69) is 0 Å². The molecular weight excluding hydrogens is 250 g/mol. The van der Waals surface area contributed by atoms with Crippen molar-refractivity contribution in [1.29, 1.82) is 0 Å². The smallest absolute Gasteiger partial charge is 0.229 e. The highest BCUT2D eigenvalue weighted by molar-refractivity contribution is 5.40. The Morgan fingerprint density at radius 3 is 2.75 bits per heavy atom. The van der Waals surface area contributed by atoms with E-state index >= 15 is 0 Å². The molecule has 20 heavy (non-hydrogen) atoms. The van der Waals surface area contributed by atoms with Gasteiger partial charge < -0.3 is 10.3 Å². The van der Waals surface area contributed by atoms with E-state index in [0.717, 1.165) is 39.8 Å². The topological polar surface area (TPSA) is 47.2 Å². The Labute approximate surface area is 119 Å². The summed E-state index contributed by atoms with van der Waals surface area (Å²) in [6.45, 7) is 3.88. The molecule has 0 amide bonds. The fourth-order valence-corrected chi connectivity index (χ4v) is 3.11. The van der Waals surface area contributed by atoms with E-state index in [9.17, 15) is 10.3 Å². The summed E-state index contributed by atoms with van der Waals surface area (Å²) in [5.74, 6) is 0. The molecule has 104 valence electrons. The summed E-state index contributed by atoms with van der Waals surface area (Å²) < 4.78 is 0.824. The summed E-state index contributed by atoms with van der Waals surface area (Å²) in [6.07, 6.45) is 4.00. The van der Waals surface area contributed by atoms with Crippen LogP contribution in [0.5, 0.6) is 0 Å². The van der Waals surface area contributed by atoms with Crippen LogP contribution < -0.4 is 4.73 Å². The second-order valence-electron chi connectivity index (χ2n) is 5.72. The van der Waals surface area contributed by atoms with Crippen molar-refractivity contribution < 1.29 is 9.84 Å². The second-order valence-corrected chi connectivity index (χ2v) is 5.72. The Morgan fingerprint density at radius 1 is 1.20 bits per heavy atom. The SMILES string of the molecule is Cc1cc(C2(O)CCCc3ccccc32)[n+]([O-])cc1C. The van der Waals surface area contributed by atoms with Crippen LogP contribution in [0.15, 0.2) is 36.5 Å². The molecule has 1 atom stereocenters. The first-order chi connectivity index (χ1) is 9.52. The number of nitrogens with zero attached hydrogens (tertiary/aromatic N) is 1. The first-order valence-electron chi connectivity index (χ1n) is 7.04. The Morgan fingerprint density at radius 2 is 1.95 bits per heavy atom. The fraction of sp³-hybridized carbons (Fsp3) is 0.353. The van der Waals surface area contributed by atoms with E-state index in [1.165, 1.54) is 0 Å². The van der Waals surface area contributed by atoms with Gasteiger partial charge in [-0.3, -0.25) is 0 Å². The molecule has 2 aromatic rings. The molecule has 0 saturated heterocycles. The van der Waals surface area contributed by atoms with Gasteiger partial charge in [-0.2, -0.15) is 4.73 Å². The number of hydrogen-bond acceptors (Lipinski definition) is 2. The summed E-state index contributed by atoms with van der Waals surface area (Å²) in [7, 11) is 0. The summed E-state index contributed by atoms with van der Waals surface area (Å²) in [5.41, 5.74) is 3.25. The van der Waals surface area contributed by atoms with Gasteiger partial charge in [0.25, 0.3) is 0 Å². The van der Waals surface area contributed by atoms with Crippen LogP contribution in [0.1, 0.15) is 40.8 Å². The van der Waals surface area contributed by atoms with Crippen LogP contribution in [0, 0.1) is 19.1 Å². The van der Waals surface area contributed by atoms with Crippen molar-refractivity contribution in [3.8, 4) is 0 Å². The number of benzene rings is 1. The lowest BCUT2D eigenvalue weighted by atomic mass is 9.76. The quantitative estimate of drug-likeness (QED) is 0.638. The van der Waals surface area contributed by atoms with Crippen LogP contribution in [0.3, 0.4) is 0 Å². The molecule has 3 heteroatoms. The molecule has 1 aliphatic carbocycles. The predicted octanol–water partition coefficient (Wildman–Crippen LogP) is 2.51. The zero-order valence-corrected chi connectivity index (χ0v) is 11.9.